The topological polar surface area (TPSA) is 48.7 Å². The summed E-state index contributed by atoms with van der Waals surface area (Å²) in [5.74, 6) is 0. The van der Waals surface area contributed by atoms with Crippen LogP contribution in [-0.2, 0) is 0 Å². The van der Waals surface area contributed by atoms with Gasteiger partial charge in [0.15, 0.2) is 0 Å². The minimum absolute atomic E-state index is 0.244. The molecule has 3 rings (SSSR count). The molecule has 0 aliphatic carbocycles. The lowest BCUT2D eigenvalue weighted by Gasteiger charge is -2.18. The predicted octanol–water partition coefficient (Wildman–Crippen LogP) is 2.77. The molecule has 1 aliphatic rings. The van der Waals surface area contributed by atoms with Crippen molar-refractivity contribution in [2.45, 2.75) is 0 Å². The molecule has 0 atom stereocenters. The number of aliphatic imine (C=N–C) groups is 1. The van der Waals surface area contributed by atoms with Crippen LogP contribution in [0.15, 0.2) is 52.7 Å². The Morgan fingerprint density at radius 2 is 2.00 bits per heavy atom. The van der Waals surface area contributed by atoms with Gasteiger partial charge in [0, 0.05) is 5.39 Å². The summed E-state index contributed by atoms with van der Waals surface area (Å²) in [6, 6.07) is 11.7. The van der Waals surface area contributed by atoms with Crippen molar-refractivity contribution in [3.05, 3.63) is 53.4 Å². The Labute approximate surface area is 109 Å². The number of pyridine rings is 1. The van der Waals surface area contributed by atoms with E-state index in [1.165, 1.54) is 6.20 Å². The summed E-state index contributed by atoms with van der Waals surface area (Å²) in [5.41, 5.74) is 2.27. The van der Waals surface area contributed by atoms with Gasteiger partial charge in [-0.3, -0.25) is 10.3 Å². The Balaban J connectivity index is 2.07. The third kappa shape index (κ3) is 2.08. The zero-order chi connectivity index (χ0) is 12.5. The Bertz CT molecular complexity index is 666. The van der Waals surface area contributed by atoms with Crippen LogP contribution in [0.5, 0.6) is 0 Å². The summed E-state index contributed by atoms with van der Waals surface area (Å²) in [4.78, 5) is 8.70. The van der Waals surface area contributed by atoms with Crippen LogP contribution in [0, 0.1) is 0 Å². The van der Waals surface area contributed by atoms with Gasteiger partial charge in [-0.15, -0.1) is 0 Å². The molecule has 1 aliphatic heterocycles. The van der Waals surface area contributed by atoms with Crippen LogP contribution in [0.1, 0.15) is 5.69 Å². The number of aromatic nitrogens is 1. The number of halogens is 1. The number of fused-ring (bicyclic) bond motifs is 1. The predicted molar refractivity (Wildman–Crippen MR) is 70.7 cm³/mol. The van der Waals surface area contributed by atoms with Crippen molar-refractivity contribution in [1.29, 1.82) is 0 Å². The van der Waals surface area contributed by atoms with Gasteiger partial charge in [0.2, 0.25) is 0 Å². The molecule has 1 aromatic heterocycles. The monoisotopic (exact) mass is 259 g/mol. The van der Waals surface area contributed by atoms with Gasteiger partial charge in [0.25, 0.3) is 0 Å². The number of benzene rings is 1. The fourth-order valence-electron chi connectivity index (χ4n) is 1.88. The molecule has 0 spiro atoms. The number of rotatable bonds is 1. The average Bonchev–Trinajstić information content (AvgIpc) is 2.37. The van der Waals surface area contributed by atoms with Crippen LogP contribution in [0.4, 0.5) is 0 Å². The lowest BCUT2D eigenvalue weighted by atomic mass is 10.1. The fourth-order valence-corrected chi connectivity index (χ4v) is 2.09. The SMILES string of the molecule is ON1C=C(Cl)N=C(c2ccc3ccccc3n2)C1. The number of hydrogen-bond acceptors (Lipinski definition) is 4. The number of hydroxylamine groups is 2. The van der Waals surface area contributed by atoms with E-state index < -0.39 is 0 Å². The first kappa shape index (κ1) is 11.2. The van der Waals surface area contributed by atoms with Crippen molar-refractivity contribution < 1.29 is 5.21 Å². The van der Waals surface area contributed by atoms with E-state index in [0.717, 1.165) is 21.7 Å². The third-order valence-corrected chi connectivity index (χ3v) is 2.89. The standard InChI is InChI=1S/C13H10ClN3O/c14-13-8-17(18)7-12(16-13)11-6-5-9-3-1-2-4-10(9)15-11/h1-6,8,18H,7H2. The Kier molecular flexibility index (Phi) is 2.74. The van der Waals surface area contributed by atoms with E-state index >= 15 is 0 Å². The maximum atomic E-state index is 9.49. The lowest BCUT2D eigenvalue weighted by Crippen LogP contribution is -2.26. The van der Waals surface area contributed by atoms with Crippen LogP contribution in [0.2, 0.25) is 0 Å². The van der Waals surface area contributed by atoms with Gasteiger partial charge < -0.3 is 0 Å². The Morgan fingerprint density at radius 1 is 1.17 bits per heavy atom. The second kappa shape index (κ2) is 4.40. The molecule has 18 heavy (non-hydrogen) atoms. The molecule has 5 heteroatoms. The summed E-state index contributed by atoms with van der Waals surface area (Å²) < 4.78 is 0. The maximum Gasteiger partial charge on any atom is 0.147 e. The molecule has 0 amide bonds. The van der Waals surface area contributed by atoms with Gasteiger partial charge in [-0.1, -0.05) is 35.9 Å². The van der Waals surface area contributed by atoms with E-state index in [9.17, 15) is 5.21 Å². The molecular weight excluding hydrogens is 250 g/mol. The van der Waals surface area contributed by atoms with Crippen molar-refractivity contribution in [1.82, 2.24) is 10.0 Å². The van der Waals surface area contributed by atoms with E-state index in [4.69, 9.17) is 11.6 Å². The van der Waals surface area contributed by atoms with Crippen molar-refractivity contribution in [2.75, 3.05) is 6.54 Å². The van der Waals surface area contributed by atoms with Gasteiger partial charge in [-0.2, -0.15) is 0 Å². The Hall–Kier alpha value is -1.91. The molecule has 4 nitrogen and oxygen atoms in total. The average molecular weight is 260 g/mol. The van der Waals surface area contributed by atoms with Crippen molar-refractivity contribution in [3.8, 4) is 0 Å². The second-order valence-corrected chi connectivity index (χ2v) is 4.38. The second-order valence-electron chi connectivity index (χ2n) is 4.00. The van der Waals surface area contributed by atoms with E-state index in [1.54, 1.807) is 0 Å². The Morgan fingerprint density at radius 3 is 2.83 bits per heavy atom. The quantitative estimate of drug-likeness (QED) is 0.801. The largest absolute Gasteiger partial charge is 0.289 e. The third-order valence-electron chi connectivity index (χ3n) is 2.70. The smallest absolute Gasteiger partial charge is 0.147 e. The van der Waals surface area contributed by atoms with Gasteiger partial charge in [-0.05, 0) is 12.1 Å². The van der Waals surface area contributed by atoms with E-state index in [2.05, 4.69) is 9.98 Å². The van der Waals surface area contributed by atoms with E-state index in [-0.39, 0.29) is 11.7 Å². The molecule has 1 aromatic carbocycles. The summed E-state index contributed by atoms with van der Waals surface area (Å²) in [5, 5.41) is 11.8. The molecule has 0 saturated heterocycles. The van der Waals surface area contributed by atoms with Crippen molar-refractivity contribution in [2.24, 2.45) is 4.99 Å². The molecule has 0 saturated carbocycles. The highest BCUT2D eigenvalue weighted by atomic mass is 35.5. The van der Waals surface area contributed by atoms with Gasteiger partial charge in [0.05, 0.1) is 29.7 Å². The highest BCUT2D eigenvalue weighted by Gasteiger charge is 2.14. The fraction of sp³-hybridized carbons (Fsp3) is 0.0769. The maximum absolute atomic E-state index is 9.49. The van der Waals surface area contributed by atoms with Gasteiger partial charge in [-0.25, -0.2) is 9.98 Å². The van der Waals surface area contributed by atoms with Crippen LogP contribution >= 0.6 is 11.6 Å². The van der Waals surface area contributed by atoms with Crippen molar-refractivity contribution >= 4 is 28.2 Å². The van der Waals surface area contributed by atoms with Crippen LogP contribution in [0.3, 0.4) is 0 Å². The number of hydrogen-bond donors (Lipinski definition) is 1. The normalized spacial score (nSPS) is 15.6. The highest BCUT2D eigenvalue weighted by Crippen LogP contribution is 2.17. The molecule has 0 unspecified atom stereocenters. The number of nitrogens with zero attached hydrogens (tertiary/aromatic N) is 3. The molecule has 2 aromatic rings. The molecule has 2 heterocycles. The molecule has 90 valence electrons. The van der Waals surface area contributed by atoms with Crippen LogP contribution in [-0.4, -0.2) is 27.5 Å². The zero-order valence-electron chi connectivity index (χ0n) is 9.42. The lowest BCUT2D eigenvalue weighted by molar-refractivity contribution is -0.0266. The van der Waals surface area contributed by atoms with Crippen LogP contribution < -0.4 is 0 Å². The van der Waals surface area contributed by atoms with Crippen molar-refractivity contribution in [3.63, 3.8) is 0 Å². The minimum Gasteiger partial charge on any atom is -0.289 e. The first-order chi connectivity index (χ1) is 8.72. The first-order valence-electron chi connectivity index (χ1n) is 5.49. The molecular formula is C13H10ClN3O. The first-order valence-corrected chi connectivity index (χ1v) is 5.87. The summed E-state index contributed by atoms with van der Waals surface area (Å²) >= 11 is 5.82. The van der Waals surface area contributed by atoms with E-state index in [1.807, 2.05) is 36.4 Å². The molecule has 0 radical (unpaired) electrons. The summed E-state index contributed by atoms with van der Waals surface area (Å²) in [6.07, 6.45) is 1.37. The summed E-state index contributed by atoms with van der Waals surface area (Å²) in [7, 11) is 0. The minimum atomic E-state index is 0.244. The molecule has 0 fully saturated rings. The molecule has 1 N–H and O–H groups in total. The highest BCUT2D eigenvalue weighted by molar-refractivity contribution is 6.30. The number of para-hydroxylation sites is 1. The van der Waals surface area contributed by atoms with Crippen LogP contribution in [0.25, 0.3) is 10.9 Å². The summed E-state index contributed by atoms with van der Waals surface area (Å²) in [6.45, 7) is 0.279. The van der Waals surface area contributed by atoms with Gasteiger partial charge in [0.1, 0.15) is 5.16 Å². The van der Waals surface area contributed by atoms with E-state index in [0.29, 0.717) is 5.71 Å². The molecule has 0 bridgehead atoms. The zero-order valence-corrected chi connectivity index (χ0v) is 10.2. The van der Waals surface area contributed by atoms with Gasteiger partial charge >= 0.3 is 0 Å².